The first-order valence-corrected chi connectivity index (χ1v) is 7.74. The number of benzene rings is 1. The number of carbonyl (C=O) groups excluding carboxylic acids is 2. The Balaban J connectivity index is 1.58. The van der Waals surface area contributed by atoms with E-state index in [0.717, 1.165) is 36.8 Å². The molecule has 116 valence electrons. The second kappa shape index (κ2) is 6.22. The molecule has 1 fully saturated rings. The molecule has 1 atom stereocenters. The second-order valence-electron chi connectivity index (χ2n) is 5.96. The van der Waals surface area contributed by atoms with E-state index in [1.165, 1.54) is 0 Å². The number of aromatic nitrogens is 1. The average Bonchev–Trinajstić information content (AvgIpc) is 3.00. The number of piperidine rings is 1. The van der Waals surface area contributed by atoms with Gasteiger partial charge in [0.1, 0.15) is 0 Å². The summed E-state index contributed by atoms with van der Waals surface area (Å²) < 4.78 is 0. The summed E-state index contributed by atoms with van der Waals surface area (Å²) in [5.41, 5.74) is 1.63. The van der Waals surface area contributed by atoms with Gasteiger partial charge in [0.15, 0.2) is 0 Å². The molecule has 3 rings (SSSR count). The van der Waals surface area contributed by atoms with Gasteiger partial charge >= 0.3 is 0 Å². The summed E-state index contributed by atoms with van der Waals surface area (Å²) in [6, 6.07) is 7.63. The lowest BCUT2D eigenvalue weighted by molar-refractivity contribution is -0.130. The van der Waals surface area contributed by atoms with Crippen LogP contribution < -0.4 is 5.32 Å². The Labute approximate surface area is 129 Å². The van der Waals surface area contributed by atoms with Crippen molar-refractivity contribution < 1.29 is 9.59 Å². The number of aromatic amines is 1. The molecule has 1 aliphatic rings. The zero-order valence-electron chi connectivity index (χ0n) is 12.8. The van der Waals surface area contributed by atoms with Crippen LogP contribution in [0.25, 0.3) is 10.9 Å². The lowest BCUT2D eigenvalue weighted by Crippen LogP contribution is -2.42. The Morgan fingerprint density at radius 3 is 3.05 bits per heavy atom. The lowest BCUT2D eigenvalue weighted by atomic mass is 9.98. The van der Waals surface area contributed by atoms with Gasteiger partial charge in [-0.15, -0.1) is 0 Å². The van der Waals surface area contributed by atoms with Crippen molar-refractivity contribution in [2.75, 3.05) is 19.6 Å². The third-order valence-electron chi connectivity index (χ3n) is 4.33. The number of nitrogens with one attached hydrogen (secondary N) is 2. The number of carbonyl (C=O) groups is 2. The molecule has 5 nitrogen and oxygen atoms in total. The Hall–Kier alpha value is -2.30. The van der Waals surface area contributed by atoms with Crippen molar-refractivity contribution in [2.24, 2.45) is 5.92 Å². The van der Waals surface area contributed by atoms with Gasteiger partial charge in [0.2, 0.25) is 5.91 Å². The minimum Gasteiger partial charge on any atom is -0.361 e. The number of likely N-dealkylation sites (tertiary alicyclic amines) is 1. The first-order chi connectivity index (χ1) is 10.6. The van der Waals surface area contributed by atoms with E-state index < -0.39 is 0 Å². The van der Waals surface area contributed by atoms with Crippen LogP contribution in [0.5, 0.6) is 0 Å². The molecule has 2 N–H and O–H groups in total. The lowest BCUT2D eigenvalue weighted by Gasteiger charge is -2.32. The third-order valence-corrected chi connectivity index (χ3v) is 4.33. The second-order valence-corrected chi connectivity index (χ2v) is 5.96. The van der Waals surface area contributed by atoms with Crippen molar-refractivity contribution in [1.82, 2.24) is 15.2 Å². The summed E-state index contributed by atoms with van der Waals surface area (Å²) in [6.07, 6.45) is 3.93. The van der Waals surface area contributed by atoms with Crippen LogP contribution in [-0.2, 0) is 4.79 Å². The largest absolute Gasteiger partial charge is 0.361 e. The van der Waals surface area contributed by atoms with Crippen molar-refractivity contribution in [1.29, 1.82) is 0 Å². The number of nitrogens with zero attached hydrogens (tertiary/aromatic N) is 1. The summed E-state index contributed by atoms with van der Waals surface area (Å²) in [4.78, 5) is 28.7. The van der Waals surface area contributed by atoms with Gasteiger partial charge in [-0.2, -0.15) is 0 Å². The molecule has 1 aromatic heterocycles. The molecule has 1 aliphatic heterocycles. The van der Waals surface area contributed by atoms with Gasteiger partial charge < -0.3 is 15.2 Å². The molecular formula is C17H21N3O2. The maximum Gasteiger partial charge on any atom is 0.251 e. The fourth-order valence-electron chi connectivity index (χ4n) is 3.05. The molecule has 1 saturated heterocycles. The van der Waals surface area contributed by atoms with Gasteiger partial charge in [-0.05, 0) is 42.3 Å². The maximum absolute atomic E-state index is 12.3. The summed E-state index contributed by atoms with van der Waals surface area (Å²) in [5.74, 6) is 0.403. The third kappa shape index (κ3) is 3.13. The van der Waals surface area contributed by atoms with Crippen LogP contribution in [0.3, 0.4) is 0 Å². The Kier molecular flexibility index (Phi) is 4.13. The predicted molar refractivity (Wildman–Crippen MR) is 85.6 cm³/mol. The molecule has 0 radical (unpaired) electrons. The van der Waals surface area contributed by atoms with E-state index in [0.29, 0.717) is 18.0 Å². The minimum absolute atomic E-state index is 0.0588. The average molecular weight is 299 g/mol. The molecule has 2 amide bonds. The number of amides is 2. The molecule has 1 aromatic carbocycles. The number of H-pyrrole nitrogens is 1. The number of hydrogen-bond acceptors (Lipinski definition) is 2. The van der Waals surface area contributed by atoms with Gasteiger partial charge in [0, 0.05) is 43.8 Å². The van der Waals surface area contributed by atoms with Crippen molar-refractivity contribution in [2.45, 2.75) is 19.8 Å². The highest BCUT2D eigenvalue weighted by Crippen LogP contribution is 2.17. The monoisotopic (exact) mass is 299 g/mol. The van der Waals surface area contributed by atoms with Gasteiger partial charge in [-0.25, -0.2) is 0 Å². The first kappa shape index (κ1) is 14.6. The summed E-state index contributed by atoms with van der Waals surface area (Å²) in [6.45, 7) is 3.80. The molecule has 0 bridgehead atoms. The van der Waals surface area contributed by atoms with E-state index in [-0.39, 0.29) is 11.8 Å². The topological polar surface area (TPSA) is 65.2 Å². The highest BCUT2D eigenvalue weighted by Gasteiger charge is 2.22. The number of hydrogen-bond donors (Lipinski definition) is 2. The van der Waals surface area contributed by atoms with E-state index in [1.807, 2.05) is 35.4 Å². The molecular weight excluding hydrogens is 278 g/mol. The van der Waals surface area contributed by atoms with Crippen molar-refractivity contribution in [3.63, 3.8) is 0 Å². The smallest absolute Gasteiger partial charge is 0.251 e. The summed E-state index contributed by atoms with van der Waals surface area (Å²) >= 11 is 0. The number of rotatable bonds is 3. The van der Waals surface area contributed by atoms with Crippen LogP contribution in [0.4, 0.5) is 0 Å². The fraction of sp³-hybridized carbons (Fsp3) is 0.412. The zero-order valence-corrected chi connectivity index (χ0v) is 12.8. The first-order valence-electron chi connectivity index (χ1n) is 7.74. The summed E-state index contributed by atoms with van der Waals surface area (Å²) in [5, 5.41) is 4.09. The molecule has 2 heterocycles. The Bertz CT molecular complexity index is 692. The molecule has 0 saturated carbocycles. The van der Waals surface area contributed by atoms with E-state index in [4.69, 9.17) is 0 Å². The maximum atomic E-state index is 12.3. The molecule has 5 heteroatoms. The quantitative estimate of drug-likeness (QED) is 0.912. The summed E-state index contributed by atoms with van der Waals surface area (Å²) in [7, 11) is 0. The van der Waals surface area contributed by atoms with Crippen LogP contribution in [0.15, 0.2) is 30.5 Å². The van der Waals surface area contributed by atoms with Crippen LogP contribution in [0, 0.1) is 5.92 Å². The van der Waals surface area contributed by atoms with E-state index in [2.05, 4.69) is 10.3 Å². The molecule has 0 aliphatic carbocycles. The normalized spacial score (nSPS) is 18.4. The van der Waals surface area contributed by atoms with Crippen LogP contribution in [0.2, 0.25) is 0 Å². The van der Waals surface area contributed by atoms with E-state index in [9.17, 15) is 9.59 Å². The van der Waals surface area contributed by atoms with Crippen molar-refractivity contribution >= 4 is 22.7 Å². The molecule has 2 aromatic rings. The molecule has 1 unspecified atom stereocenters. The van der Waals surface area contributed by atoms with Gasteiger partial charge in [0.05, 0.1) is 0 Å². The van der Waals surface area contributed by atoms with Gasteiger partial charge in [0.25, 0.3) is 5.91 Å². The van der Waals surface area contributed by atoms with Crippen molar-refractivity contribution in [3.8, 4) is 0 Å². The van der Waals surface area contributed by atoms with Crippen LogP contribution >= 0.6 is 0 Å². The molecule has 0 spiro atoms. The fourth-order valence-corrected chi connectivity index (χ4v) is 3.05. The highest BCUT2D eigenvalue weighted by molar-refractivity contribution is 5.97. The predicted octanol–water partition coefficient (Wildman–Crippen LogP) is 2.16. The minimum atomic E-state index is -0.0588. The SMILES string of the molecule is CC(=O)N1CCCC(CNC(=O)c2ccc3cc[nH]c3c2)C1. The van der Waals surface area contributed by atoms with E-state index in [1.54, 1.807) is 6.92 Å². The van der Waals surface area contributed by atoms with Crippen molar-refractivity contribution in [3.05, 3.63) is 36.0 Å². The Morgan fingerprint density at radius 1 is 1.36 bits per heavy atom. The highest BCUT2D eigenvalue weighted by atomic mass is 16.2. The number of fused-ring (bicyclic) bond motifs is 1. The zero-order chi connectivity index (χ0) is 15.5. The molecule has 22 heavy (non-hydrogen) atoms. The van der Waals surface area contributed by atoms with Crippen LogP contribution in [-0.4, -0.2) is 41.3 Å². The van der Waals surface area contributed by atoms with E-state index >= 15 is 0 Å². The standard InChI is InChI=1S/C17H21N3O2/c1-12(21)20-8-2-3-13(11-20)10-19-17(22)15-5-4-14-6-7-18-16(14)9-15/h4-7,9,13,18H,2-3,8,10-11H2,1H3,(H,19,22). The van der Waals surface area contributed by atoms with Gasteiger partial charge in [-0.3, -0.25) is 9.59 Å². The van der Waals surface area contributed by atoms with Gasteiger partial charge in [-0.1, -0.05) is 6.07 Å². The Morgan fingerprint density at radius 2 is 2.23 bits per heavy atom. The van der Waals surface area contributed by atoms with Crippen LogP contribution in [0.1, 0.15) is 30.1 Å².